The highest BCUT2D eigenvalue weighted by molar-refractivity contribution is 7.89. The van der Waals surface area contributed by atoms with E-state index in [4.69, 9.17) is 4.74 Å². The summed E-state index contributed by atoms with van der Waals surface area (Å²) in [7, 11) is -2.25. The lowest BCUT2D eigenvalue weighted by Gasteiger charge is -2.32. The standard InChI is InChI=1S/C24H30N2O5S2/c1-16-8-6-7-15-26(16)33(29,30)18-13-11-17(12-14-18)22(27)25-23-21(24(28)31-2)19-9-4-3-5-10-20(19)32-23/h11-14,16H,3-10,15H2,1-2H3,(H,25,27). The number of nitrogens with one attached hydrogen (secondary N) is 1. The number of hydrogen-bond donors (Lipinski definition) is 1. The summed E-state index contributed by atoms with van der Waals surface area (Å²) in [6.45, 7) is 2.45. The van der Waals surface area contributed by atoms with Crippen LogP contribution in [0.5, 0.6) is 0 Å². The Labute approximate surface area is 199 Å². The number of methoxy groups -OCH3 is 1. The van der Waals surface area contributed by atoms with Crippen LogP contribution < -0.4 is 5.32 Å². The molecule has 4 rings (SSSR count). The summed E-state index contributed by atoms with van der Waals surface area (Å²) in [6, 6.07) is 5.98. The highest BCUT2D eigenvalue weighted by Gasteiger charge is 2.31. The molecule has 1 N–H and O–H groups in total. The molecule has 9 heteroatoms. The topological polar surface area (TPSA) is 92.8 Å². The molecule has 2 heterocycles. The Balaban J connectivity index is 1.56. The number of thiophene rings is 1. The highest BCUT2D eigenvalue weighted by Crippen LogP contribution is 2.38. The maximum Gasteiger partial charge on any atom is 0.341 e. The van der Waals surface area contributed by atoms with Gasteiger partial charge in [0.2, 0.25) is 10.0 Å². The average molecular weight is 491 g/mol. The van der Waals surface area contributed by atoms with E-state index in [1.807, 2.05) is 6.92 Å². The van der Waals surface area contributed by atoms with Crippen molar-refractivity contribution in [3.05, 3.63) is 45.8 Å². The molecule has 1 amide bonds. The van der Waals surface area contributed by atoms with Crippen LogP contribution in [0.4, 0.5) is 5.00 Å². The fraction of sp³-hybridized carbons (Fsp3) is 0.500. The van der Waals surface area contributed by atoms with Gasteiger partial charge in [-0.05, 0) is 75.3 Å². The first kappa shape index (κ1) is 23.9. The number of rotatable bonds is 5. The van der Waals surface area contributed by atoms with Crippen molar-refractivity contribution >= 4 is 38.2 Å². The van der Waals surface area contributed by atoms with E-state index in [1.165, 1.54) is 42.7 Å². The summed E-state index contributed by atoms with van der Waals surface area (Å²) < 4.78 is 32.6. The monoisotopic (exact) mass is 490 g/mol. The predicted molar refractivity (Wildman–Crippen MR) is 129 cm³/mol. The number of nitrogens with zero attached hydrogens (tertiary/aromatic N) is 1. The van der Waals surface area contributed by atoms with Crippen molar-refractivity contribution in [3.8, 4) is 0 Å². The Bertz CT molecular complexity index is 1140. The van der Waals surface area contributed by atoms with Crippen LogP contribution in [0.25, 0.3) is 0 Å². The van der Waals surface area contributed by atoms with Crippen LogP contribution in [0.1, 0.15) is 76.6 Å². The van der Waals surface area contributed by atoms with Crippen molar-refractivity contribution in [3.63, 3.8) is 0 Å². The minimum absolute atomic E-state index is 0.0301. The Kier molecular flexibility index (Phi) is 7.21. The zero-order valence-corrected chi connectivity index (χ0v) is 20.7. The predicted octanol–water partition coefficient (Wildman–Crippen LogP) is 4.62. The van der Waals surface area contributed by atoms with Gasteiger partial charge in [-0.1, -0.05) is 12.8 Å². The number of amides is 1. The summed E-state index contributed by atoms with van der Waals surface area (Å²) in [6.07, 6.45) is 7.63. The molecule has 0 bridgehead atoms. The fourth-order valence-corrected chi connectivity index (χ4v) is 7.64. The molecule has 1 aromatic carbocycles. The third-order valence-electron chi connectivity index (χ3n) is 6.50. The maximum absolute atomic E-state index is 13.0. The zero-order valence-electron chi connectivity index (χ0n) is 19.1. The van der Waals surface area contributed by atoms with E-state index in [0.29, 0.717) is 22.7 Å². The van der Waals surface area contributed by atoms with Crippen molar-refractivity contribution < 1.29 is 22.7 Å². The van der Waals surface area contributed by atoms with Crippen molar-refractivity contribution in [1.29, 1.82) is 0 Å². The number of benzene rings is 1. The fourth-order valence-electron chi connectivity index (χ4n) is 4.67. The van der Waals surface area contributed by atoms with E-state index in [2.05, 4.69) is 5.32 Å². The number of hydrogen-bond acceptors (Lipinski definition) is 6. The molecule has 33 heavy (non-hydrogen) atoms. The number of carbonyl (C=O) groups excluding carboxylic acids is 2. The second-order valence-electron chi connectivity index (χ2n) is 8.70. The van der Waals surface area contributed by atoms with E-state index in [9.17, 15) is 18.0 Å². The van der Waals surface area contributed by atoms with Crippen LogP contribution in [-0.4, -0.2) is 44.3 Å². The highest BCUT2D eigenvalue weighted by atomic mass is 32.2. The molecule has 2 aliphatic rings. The van der Waals surface area contributed by atoms with Crippen molar-refractivity contribution in [2.24, 2.45) is 0 Å². The van der Waals surface area contributed by atoms with Gasteiger partial charge in [0, 0.05) is 23.0 Å². The number of fused-ring (bicyclic) bond motifs is 1. The largest absolute Gasteiger partial charge is 0.465 e. The van der Waals surface area contributed by atoms with Crippen LogP contribution in [-0.2, 0) is 27.6 Å². The third kappa shape index (κ3) is 4.85. The van der Waals surface area contributed by atoms with Gasteiger partial charge in [0.15, 0.2) is 0 Å². The molecule has 2 aromatic rings. The minimum atomic E-state index is -3.60. The second kappa shape index (κ2) is 9.95. The second-order valence-corrected chi connectivity index (χ2v) is 11.7. The number of ether oxygens (including phenoxy) is 1. The van der Waals surface area contributed by atoms with E-state index < -0.39 is 16.0 Å². The van der Waals surface area contributed by atoms with Crippen molar-refractivity contribution in [1.82, 2.24) is 4.31 Å². The maximum atomic E-state index is 13.0. The molecular weight excluding hydrogens is 460 g/mol. The van der Waals surface area contributed by atoms with Crippen LogP contribution in [0.3, 0.4) is 0 Å². The van der Waals surface area contributed by atoms with Gasteiger partial charge in [-0.15, -0.1) is 11.3 Å². The summed E-state index contributed by atoms with van der Waals surface area (Å²) in [5.74, 6) is -0.825. The molecule has 1 saturated heterocycles. The van der Waals surface area contributed by atoms with E-state index in [-0.39, 0.29) is 16.8 Å². The lowest BCUT2D eigenvalue weighted by molar-refractivity contribution is 0.0601. The van der Waals surface area contributed by atoms with Crippen molar-refractivity contribution in [2.45, 2.75) is 69.2 Å². The first-order chi connectivity index (χ1) is 15.8. The Morgan fingerprint density at radius 1 is 1.06 bits per heavy atom. The Hall–Kier alpha value is -2.23. The Morgan fingerprint density at radius 2 is 1.79 bits per heavy atom. The zero-order chi connectivity index (χ0) is 23.6. The number of carbonyl (C=O) groups is 2. The van der Waals surface area contributed by atoms with Gasteiger partial charge in [-0.3, -0.25) is 4.79 Å². The van der Waals surface area contributed by atoms with Gasteiger partial charge in [-0.25, -0.2) is 13.2 Å². The van der Waals surface area contributed by atoms with Crippen LogP contribution in [0.2, 0.25) is 0 Å². The first-order valence-electron chi connectivity index (χ1n) is 11.5. The summed E-state index contributed by atoms with van der Waals surface area (Å²) in [5.41, 5.74) is 1.77. The lowest BCUT2D eigenvalue weighted by Crippen LogP contribution is -2.41. The molecule has 0 saturated carbocycles. The first-order valence-corrected chi connectivity index (χ1v) is 13.7. The van der Waals surface area contributed by atoms with Crippen LogP contribution in [0, 0.1) is 0 Å². The molecule has 1 atom stereocenters. The molecule has 1 aliphatic heterocycles. The lowest BCUT2D eigenvalue weighted by atomic mass is 10.1. The van der Waals surface area contributed by atoms with Crippen LogP contribution in [0.15, 0.2) is 29.2 Å². The SMILES string of the molecule is COC(=O)c1c(NC(=O)c2ccc(S(=O)(=O)N3CCCCC3C)cc2)sc2c1CCCCC2. The smallest absolute Gasteiger partial charge is 0.341 e. The van der Waals surface area contributed by atoms with E-state index >= 15 is 0 Å². The molecule has 7 nitrogen and oxygen atoms in total. The van der Waals surface area contributed by atoms with Gasteiger partial charge < -0.3 is 10.1 Å². The summed E-state index contributed by atoms with van der Waals surface area (Å²) in [4.78, 5) is 26.8. The molecule has 0 spiro atoms. The Morgan fingerprint density at radius 3 is 2.48 bits per heavy atom. The average Bonchev–Trinajstić information content (AvgIpc) is 2.98. The number of aryl methyl sites for hydroxylation is 1. The number of esters is 1. The van der Waals surface area contributed by atoms with Crippen LogP contribution >= 0.6 is 11.3 Å². The van der Waals surface area contributed by atoms with Gasteiger partial charge in [0.05, 0.1) is 17.6 Å². The molecule has 1 aromatic heterocycles. The minimum Gasteiger partial charge on any atom is -0.465 e. The number of piperidine rings is 1. The molecule has 178 valence electrons. The molecule has 0 radical (unpaired) electrons. The summed E-state index contributed by atoms with van der Waals surface area (Å²) in [5, 5.41) is 3.36. The quantitative estimate of drug-likeness (QED) is 0.488. The van der Waals surface area contributed by atoms with E-state index in [0.717, 1.165) is 61.8 Å². The van der Waals surface area contributed by atoms with Gasteiger partial charge in [0.25, 0.3) is 5.91 Å². The van der Waals surface area contributed by atoms with Gasteiger partial charge in [0.1, 0.15) is 5.00 Å². The normalized spacial score (nSPS) is 19.4. The molecule has 1 unspecified atom stereocenters. The molecular formula is C24H30N2O5S2. The molecule has 1 fully saturated rings. The van der Waals surface area contributed by atoms with Crippen molar-refractivity contribution in [2.75, 3.05) is 19.0 Å². The number of anilines is 1. The van der Waals surface area contributed by atoms with Gasteiger partial charge in [-0.2, -0.15) is 4.31 Å². The van der Waals surface area contributed by atoms with E-state index in [1.54, 1.807) is 4.31 Å². The summed E-state index contributed by atoms with van der Waals surface area (Å²) >= 11 is 1.43. The van der Waals surface area contributed by atoms with Gasteiger partial charge >= 0.3 is 5.97 Å². The number of sulfonamides is 1. The molecule has 1 aliphatic carbocycles. The third-order valence-corrected chi connectivity index (χ3v) is 9.74.